The summed E-state index contributed by atoms with van der Waals surface area (Å²) in [4.78, 5) is 20.6. The monoisotopic (exact) mass is 651 g/mol. The molecule has 46 heavy (non-hydrogen) atoms. The van der Waals surface area contributed by atoms with Gasteiger partial charge in [0, 0.05) is 46.5 Å². The number of anilines is 2. The number of nitrogens with one attached hydrogen (secondary N) is 5. The summed E-state index contributed by atoms with van der Waals surface area (Å²) in [5.74, 6) is 1.50. The molecule has 8 rings (SSSR count). The van der Waals surface area contributed by atoms with Crippen molar-refractivity contribution in [3.05, 3.63) is 102 Å². The number of halogens is 2. The maximum absolute atomic E-state index is 6.61. The van der Waals surface area contributed by atoms with E-state index in [0.29, 0.717) is 23.1 Å². The molecule has 2 atom stereocenters. The third-order valence-corrected chi connectivity index (χ3v) is 8.77. The number of fused-ring (bicyclic) bond motifs is 2. The van der Waals surface area contributed by atoms with Gasteiger partial charge >= 0.3 is 0 Å². The van der Waals surface area contributed by atoms with Gasteiger partial charge in [-0.15, -0.1) is 0 Å². The highest BCUT2D eigenvalue weighted by atomic mass is 35.5. The zero-order valence-electron chi connectivity index (χ0n) is 24.5. The van der Waals surface area contributed by atoms with Gasteiger partial charge in [-0.3, -0.25) is 10.1 Å². The fourth-order valence-corrected chi connectivity index (χ4v) is 6.51. The minimum absolute atomic E-state index is 0.0355. The quantitative estimate of drug-likeness (QED) is 0.107. The van der Waals surface area contributed by atoms with Gasteiger partial charge in [0.2, 0.25) is 17.8 Å². The van der Waals surface area contributed by atoms with E-state index in [9.17, 15) is 0 Å². The Morgan fingerprint density at radius 3 is 2.37 bits per heavy atom. The van der Waals surface area contributed by atoms with Crippen LogP contribution in [0.3, 0.4) is 0 Å². The van der Waals surface area contributed by atoms with Gasteiger partial charge in [0.15, 0.2) is 6.23 Å². The third-order valence-electron chi connectivity index (χ3n) is 8.30. The van der Waals surface area contributed by atoms with Gasteiger partial charge in [-0.1, -0.05) is 52.5 Å². The Bertz CT molecular complexity index is 2160. The Balaban J connectivity index is 1.05. The zero-order chi connectivity index (χ0) is 31.0. The van der Waals surface area contributed by atoms with Crippen molar-refractivity contribution < 1.29 is 9.30 Å². The predicted octanol–water partition coefficient (Wildman–Crippen LogP) is 6.89. The van der Waals surface area contributed by atoms with Crippen molar-refractivity contribution in [1.29, 1.82) is 0 Å². The molecule has 230 valence electrons. The topological polar surface area (TPSA) is 136 Å². The third kappa shape index (κ3) is 5.42. The molecular formula is C33H29Cl2N10O+. The molecule has 1 aliphatic heterocycles. The number of hydrogen-bond acceptors (Lipinski definition) is 7. The second kappa shape index (κ2) is 12.1. The Morgan fingerprint density at radius 2 is 1.61 bits per heavy atom. The average molecular weight is 653 g/mol. The molecule has 0 saturated carbocycles. The summed E-state index contributed by atoms with van der Waals surface area (Å²) in [6, 6.07) is 17.5. The molecule has 0 bridgehead atoms. The lowest BCUT2D eigenvalue weighted by molar-refractivity contribution is -0.740. The number of aromatic nitrogens is 8. The SMILES string of the molecule is Clc1cccc(-c2c[nH]c3ncnc(NCC4CCC([n+]5cnc(NCc6ccn[nH]6)c6c(-c7cccc(Cl)c7)c[nH]c65)O4)c23)c1. The molecule has 1 fully saturated rings. The number of hydrogen-bond donors (Lipinski definition) is 5. The van der Waals surface area contributed by atoms with Crippen molar-refractivity contribution in [2.75, 3.05) is 17.2 Å². The normalized spacial score (nSPS) is 16.4. The summed E-state index contributed by atoms with van der Waals surface area (Å²) in [5.41, 5.74) is 6.59. The van der Waals surface area contributed by atoms with Gasteiger partial charge in [-0.25, -0.2) is 14.5 Å². The molecule has 1 aliphatic rings. The molecule has 11 nitrogen and oxygen atoms in total. The van der Waals surface area contributed by atoms with Crippen LogP contribution in [0.5, 0.6) is 0 Å². The van der Waals surface area contributed by atoms with Crippen LogP contribution in [0.1, 0.15) is 24.8 Å². The predicted molar refractivity (Wildman–Crippen MR) is 179 cm³/mol. The first-order valence-electron chi connectivity index (χ1n) is 15.0. The number of benzene rings is 2. The van der Waals surface area contributed by atoms with Crippen LogP contribution in [-0.2, 0) is 11.3 Å². The molecule has 5 N–H and O–H groups in total. The van der Waals surface area contributed by atoms with Gasteiger partial charge in [-0.05, 0) is 47.9 Å². The van der Waals surface area contributed by atoms with Crippen LogP contribution in [0.2, 0.25) is 10.0 Å². The van der Waals surface area contributed by atoms with E-state index in [1.165, 1.54) is 0 Å². The van der Waals surface area contributed by atoms with E-state index in [1.54, 1.807) is 12.5 Å². The van der Waals surface area contributed by atoms with E-state index in [0.717, 1.165) is 74.5 Å². The highest BCUT2D eigenvalue weighted by Crippen LogP contribution is 2.36. The van der Waals surface area contributed by atoms with Gasteiger partial charge in [-0.2, -0.15) is 5.10 Å². The van der Waals surface area contributed by atoms with Crippen LogP contribution >= 0.6 is 23.2 Å². The minimum Gasteiger partial charge on any atom is -0.367 e. The van der Waals surface area contributed by atoms with Crippen LogP contribution < -0.4 is 15.2 Å². The summed E-state index contributed by atoms with van der Waals surface area (Å²) in [7, 11) is 0. The first-order valence-corrected chi connectivity index (χ1v) is 15.7. The van der Waals surface area contributed by atoms with Gasteiger partial charge in [0.25, 0.3) is 0 Å². The van der Waals surface area contributed by atoms with Crippen molar-refractivity contribution in [3.8, 4) is 22.3 Å². The molecule has 2 aromatic carbocycles. The Hall–Kier alpha value is -4.97. The molecule has 1 saturated heterocycles. The van der Waals surface area contributed by atoms with E-state index in [-0.39, 0.29) is 12.3 Å². The molecule has 0 aliphatic carbocycles. The van der Waals surface area contributed by atoms with Crippen molar-refractivity contribution in [2.24, 2.45) is 0 Å². The molecule has 7 aromatic rings. The molecule has 2 unspecified atom stereocenters. The maximum Gasteiger partial charge on any atom is 0.241 e. The molecule has 13 heteroatoms. The number of aromatic amines is 3. The number of H-pyrrole nitrogens is 3. The largest absolute Gasteiger partial charge is 0.367 e. The fourth-order valence-electron chi connectivity index (χ4n) is 6.13. The van der Waals surface area contributed by atoms with Crippen molar-refractivity contribution >= 4 is 56.9 Å². The fraction of sp³-hybridized carbons (Fsp3) is 0.182. The number of nitrogens with zero attached hydrogens (tertiary/aromatic N) is 5. The second-order valence-electron chi connectivity index (χ2n) is 11.2. The lowest BCUT2D eigenvalue weighted by atomic mass is 10.1. The summed E-state index contributed by atoms with van der Waals surface area (Å²) in [6.45, 7) is 1.14. The first kappa shape index (κ1) is 28.5. The molecule has 0 radical (unpaired) electrons. The smallest absolute Gasteiger partial charge is 0.241 e. The Labute approximate surface area is 273 Å². The Kier molecular flexibility index (Phi) is 7.49. The van der Waals surface area contributed by atoms with E-state index < -0.39 is 0 Å². The van der Waals surface area contributed by atoms with Gasteiger partial charge < -0.3 is 20.4 Å². The lowest BCUT2D eigenvalue weighted by Crippen LogP contribution is -2.41. The van der Waals surface area contributed by atoms with Crippen molar-refractivity contribution in [2.45, 2.75) is 31.7 Å². The van der Waals surface area contributed by atoms with Crippen LogP contribution in [-0.4, -0.2) is 47.8 Å². The zero-order valence-corrected chi connectivity index (χ0v) is 26.0. The summed E-state index contributed by atoms with van der Waals surface area (Å²) >= 11 is 12.7. The summed E-state index contributed by atoms with van der Waals surface area (Å²) in [6.07, 6.45) is 10.5. The van der Waals surface area contributed by atoms with E-state index in [1.807, 2.05) is 73.3 Å². The Morgan fingerprint density at radius 1 is 0.848 bits per heavy atom. The maximum atomic E-state index is 6.61. The molecular weight excluding hydrogens is 623 g/mol. The molecule has 6 heterocycles. The lowest BCUT2D eigenvalue weighted by Gasteiger charge is -2.16. The molecule has 0 amide bonds. The summed E-state index contributed by atoms with van der Waals surface area (Å²) in [5, 5.41) is 17.3. The number of rotatable bonds is 9. The highest BCUT2D eigenvalue weighted by Gasteiger charge is 2.32. The molecule has 5 aromatic heterocycles. The van der Waals surface area contributed by atoms with Crippen LogP contribution in [0.15, 0.2) is 85.8 Å². The molecule has 0 spiro atoms. The van der Waals surface area contributed by atoms with E-state index >= 15 is 0 Å². The second-order valence-corrected chi connectivity index (χ2v) is 12.1. The van der Waals surface area contributed by atoms with Crippen molar-refractivity contribution in [1.82, 2.24) is 35.1 Å². The van der Waals surface area contributed by atoms with Crippen LogP contribution in [0, 0.1) is 0 Å². The number of ether oxygens (including phenoxy) is 1. The summed E-state index contributed by atoms with van der Waals surface area (Å²) < 4.78 is 8.69. The van der Waals surface area contributed by atoms with Gasteiger partial charge in [0.1, 0.15) is 23.2 Å². The van der Waals surface area contributed by atoms with Crippen molar-refractivity contribution in [3.63, 3.8) is 0 Å². The first-order chi connectivity index (χ1) is 22.6. The standard InChI is InChI=1S/C33H28Cl2N10O/c34-21-5-1-3-19(11-21)25-15-38-31-28(25)30(40-17-41-31)37-14-24-7-8-27(46-24)45-18-42-32(36-13-23-9-10-43-44-23)29-26(16-39-33(29)45)20-4-2-6-22(35)12-20/h1-6,9-12,15-18,24,27H,7-8,13-14H2,(H4,36,37,38,39,40,41,43,44)/p+1. The van der Waals surface area contributed by atoms with Crippen LogP contribution in [0.4, 0.5) is 11.6 Å². The average Bonchev–Trinajstić information content (AvgIpc) is 3.89. The minimum atomic E-state index is -0.200. The van der Waals surface area contributed by atoms with E-state index in [4.69, 9.17) is 32.9 Å². The van der Waals surface area contributed by atoms with Crippen LogP contribution in [0.25, 0.3) is 44.3 Å². The van der Waals surface area contributed by atoms with E-state index in [2.05, 4.69) is 45.3 Å². The highest BCUT2D eigenvalue weighted by molar-refractivity contribution is 6.31. The van der Waals surface area contributed by atoms with Gasteiger partial charge in [0.05, 0.1) is 29.9 Å².